The smallest absolute Gasteiger partial charge is 0.338 e. The van der Waals surface area contributed by atoms with E-state index in [1.807, 2.05) is 24.3 Å². The molecule has 0 radical (unpaired) electrons. The van der Waals surface area contributed by atoms with Gasteiger partial charge in [0.25, 0.3) is 0 Å². The number of carbonyl (C=O) groups is 2. The van der Waals surface area contributed by atoms with E-state index >= 15 is 0 Å². The molecular formula is C39H56O3. The van der Waals surface area contributed by atoms with E-state index in [1.165, 1.54) is 56.9 Å². The average Bonchev–Trinajstić information content (AvgIpc) is 3.56. The summed E-state index contributed by atoms with van der Waals surface area (Å²) in [5, 5.41) is 0. The van der Waals surface area contributed by atoms with E-state index in [1.54, 1.807) is 5.57 Å². The fraction of sp³-hybridized carbons (Fsp3) is 0.744. The Kier molecular flexibility index (Phi) is 8.53. The lowest BCUT2D eigenvalue weighted by Crippen LogP contribution is -2.51. The summed E-state index contributed by atoms with van der Waals surface area (Å²) in [5.74, 6) is 5.55. The Morgan fingerprint density at radius 1 is 0.929 bits per heavy atom. The Labute approximate surface area is 255 Å². The molecule has 4 saturated carbocycles. The number of rotatable bonds is 8. The molecule has 9 atom stereocenters. The van der Waals surface area contributed by atoms with Crippen LogP contribution in [0.2, 0.25) is 0 Å². The fourth-order valence-corrected chi connectivity index (χ4v) is 11.0. The molecular weight excluding hydrogens is 516 g/mol. The molecule has 0 spiro atoms. The summed E-state index contributed by atoms with van der Waals surface area (Å²) >= 11 is 0. The SMILES string of the molecule is CC(C)CCC[C@@H](C)[C@H]1CC[C@H]2[C@@H]3CC=C4C[C@@H](OC(=O)c5ccc(C6CCC(=O)C6)cc5)CC[C@]4(C)[C@H]3CC[C@]12C. The van der Waals surface area contributed by atoms with Crippen LogP contribution in [0.25, 0.3) is 0 Å². The van der Waals surface area contributed by atoms with Crippen LogP contribution in [-0.2, 0) is 9.53 Å². The maximum Gasteiger partial charge on any atom is 0.338 e. The summed E-state index contributed by atoms with van der Waals surface area (Å²) in [5.41, 5.74) is 4.18. The minimum atomic E-state index is -0.195. The lowest BCUT2D eigenvalue weighted by atomic mass is 9.47. The number of benzene rings is 1. The van der Waals surface area contributed by atoms with E-state index in [0.717, 1.165) is 61.2 Å². The van der Waals surface area contributed by atoms with Crippen LogP contribution in [0.1, 0.15) is 146 Å². The van der Waals surface area contributed by atoms with Crippen molar-refractivity contribution in [2.45, 2.75) is 137 Å². The molecule has 0 saturated heterocycles. The molecule has 4 fully saturated rings. The number of esters is 1. The van der Waals surface area contributed by atoms with Crippen LogP contribution in [0.4, 0.5) is 0 Å². The Bertz CT molecular complexity index is 1180. The predicted molar refractivity (Wildman–Crippen MR) is 170 cm³/mol. The molecule has 42 heavy (non-hydrogen) atoms. The van der Waals surface area contributed by atoms with Crippen LogP contribution in [0, 0.1) is 46.3 Å². The van der Waals surface area contributed by atoms with Gasteiger partial charge in [0.2, 0.25) is 0 Å². The summed E-state index contributed by atoms with van der Waals surface area (Å²) in [7, 11) is 0. The molecule has 1 unspecified atom stereocenters. The summed E-state index contributed by atoms with van der Waals surface area (Å²) in [4.78, 5) is 24.8. The number of hydrogen-bond donors (Lipinski definition) is 0. The van der Waals surface area contributed by atoms with E-state index in [0.29, 0.717) is 35.5 Å². The highest BCUT2D eigenvalue weighted by atomic mass is 16.5. The third kappa shape index (κ3) is 5.56. The first-order chi connectivity index (χ1) is 20.1. The molecule has 1 aromatic carbocycles. The van der Waals surface area contributed by atoms with Gasteiger partial charge in [0.15, 0.2) is 0 Å². The highest BCUT2D eigenvalue weighted by molar-refractivity contribution is 5.89. The molecule has 0 aliphatic heterocycles. The first-order valence-corrected chi connectivity index (χ1v) is 17.6. The topological polar surface area (TPSA) is 43.4 Å². The van der Waals surface area contributed by atoms with Gasteiger partial charge in [-0.3, -0.25) is 4.79 Å². The van der Waals surface area contributed by atoms with Crippen LogP contribution in [0.15, 0.2) is 35.9 Å². The number of ketones is 1. The molecule has 5 aliphatic carbocycles. The third-order valence-corrected chi connectivity index (χ3v) is 13.4. The molecule has 5 aliphatic rings. The Hall–Kier alpha value is -1.90. The molecule has 1 aromatic rings. The van der Waals surface area contributed by atoms with Gasteiger partial charge in [-0.15, -0.1) is 0 Å². The van der Waals surface area contributed by atoms with Gasteiger partial charge in [-0.05, 0) is 121 Å². The zero-order valence-electron chi connectivity index (χ0n) is 27.1. The van der Waals surface area contributed by atoms with Crippen molar-refractivity contribution in [3.05, 3.63) is 47.0 Å². The Morgan fingerprint density at radius 2 is 1.71 bits per heavy atom. The van der Waals surface area contributed by atoms with Gasteiger partial charge in [-0.1, -0.05) is 77.7 Å². The highest BCUT2D eigenvalue weighted by Gasteiger charge is 2.59. The third-order valence-electron chi connectivity index (χ3n) is 13.4. The van der Waals surface area contributed by atoms with Crippen LogP contribution >= 0.6 is 0 Å². The molecule has 230 valence electrons. The highest BCUT2D eigenvalue weighted by Crippen LogP contribution is 2.67. The lowest BCUT2D eigenvalue weighted by molar-refractivity contribution is -0.117. The van der Waals surface area contributed by atoms with Gasteiger partial charge in [0.1, 0.15) is 11.9 Å². The Balaban J connectivity index is 1.08. The van der Waals surface area contributed by atoms with Crippen molar-refractivity contribution in [2.24, 2.45) is 46.3 Å². The van der Waals surface area contributed by atoms with Crippen molar-refractivity contribution in [1.82, 2.24) is 0 Å². The zero-order chi connectivity index (χ0) is 29.6. The first-order valence-electron chi connectivity index (χ1n) is 17.6. The second-order valence-corrected chi connectivity index (χ2v) is 16.2. The van der Waals surface area contributed by atoms with Gasteiger partial charge < -0.3 is 4.74 Å². The van der Waals surface area contributed by atoms with Gasteiger partial charge in [0.05, 0.1) is 5.56 Å². The molecule has 0 aromatic heterocycles. The van der Waals surface area contributed by atoms with Crippen molar-refractivity contribution < 1.29 is 14.3 Å². The number of carbonyl (C=O) groups excluding carboxylic acids is 2. The minimum absolute atomic E-state index is 0.0167. The number of ether oxygens (including phenoxy) is 1. The number of hydrogen-bond acceptors (Lipinski definition) is 3. The monoisotopic (exact) mass is 572 g/mol. The van der Waals surface area contributed by atoms with Crippen molar-refractivity contribution in [2.75, 3.05) is 0 Å². The maximum absolute atomic E-state index is 13.1. The number of Topliss-reactive ketones (excluding diaryl/α,β-unsaturated/α-hetero) is 1. The van der Waals surface area contributed by atoms with E-state index in [-0.39, 0.29) is 17.5 Å². The van der Waals surface area contributed by atoms with Crippen LogP contribution in [-0.4, -0.2) is 17.9 Å². The van der Waals surface area contributed by atoms with Crippen molar-refractivity contribution in [1.29, 1.82) is 0 Å². The first kappa shape index (κ1) is 30.1. The van der Waals surface area contributed by atoms with E-state index in [9.17, 15) is 9.59 Å². The fourth-order valence-electron chi connectivity index (χ4n) is 11.0. The molecule has 0 N–H and O–H groups in total. The molecule has 0 amide bonds. The summed E-state index contributed by atoms with van der Waals surface area (Å²) < 4.78 is 6.13. The van der Waals surface area contributed by atoms with Crippen LogP contribution < -0.4 is 0 Å². The second-order valence-electron chi connectivity index (χ2n) is 16.2. The molecule has 6 rings (SSSR count). The maximum atomic E-state index is 13.1. The zero-order valence-corrected chi connectivity index (χ0v) is 27.1. The van der Waals surface area contributed by atoms with Crippen molar-refractivity contribution in [3.8, 4) is 0 Å². The lowest BCUT2D eigenvalue weighted by Gasteiger charge is -2.58. The second kappa shape index (κ2) is 11.9. The molecule has 3 heteroatoms. The molecule has 3 nitrogen and oxygen atoms in total. The Morgan fingerprint density at radius 3 is 2.43 bits per heavy atom. The van der Waals surface area contributed by atoms with E-state index in [4.69, 9.17) is 4.74 Å². The minimum Gasteiger partial charge on any atom is -0.458 e. The van der Waals surface area contributed by atoms with Crippen molar-refractivity contribution >= 4 is 11.8 Å². The molecule has 0 bridgehead atoms. The average molecular weight is 573 g/mol. The summed E-state index contributed by atoms with van der Waals surface area (Å²) in [6.45, 7) is 12.5. The van der Waals surface area contributed by atoms with Crippen LogP contribution in [0.5, 0.6) is 0 Å². The standard InChI is InChI=1S/C39H56O3/c1-25(2)7-6-8-26(3)34-17-18-35-33-16-14-30-24-32(19-21-38(30,4)36(33)20-22-39(34,35)5)42-37(41)28-11-9-27(10-12-28)29-13-15-31(40)23-29/h9-12,14,25-26,29,32-36H,6-8,13,15-24H2,1-5H3/t26-,29?,32+,33+,34-,35+,36+,38+,39-/m1/s1. The predicted octanol–water partition coefficient (Wildman–Crippen LogP) is 10.1. The van der Waals surface area contributed by atoms with Gasteiger partial charge in [0, 0.05) is 19.3 Å². The molecule has 0 heterocycles. The van der Waals surface area contributed by atoms with Gasteiger partial charge >= 0.3 is 5.97 Å². The van der Waals surface area contributed by atoms with E-state index < -0.39 is 0 Å². The van der Waals surface area contributed by atoms with E-state index in [2.05, 4.69) is 40.7 Å². The number of allylic oxidation sites excluding steroid dienone is 1. The van der Waals surface area contributed by atoms with Gasteiger partial charge in [-0.25, -0.2) is 4.79 Å². The summed E-state index contributed by atoms with van der Waals surface area (Å²) in [6.07, 6.45) is 18.9. The van der Waals surface area contributed by atoms with Crippen LogP contribution in [0.3, 0.4) is 0 Å². The largest absolute Gasteiger partial charge is 0.458 e. The quantitative estimate of drug-likeness (QED) is 0.230. The van der Waals surface area contributed by atoms with Gasteiger partial charge in [-0.2, -0.15) is 0 Å². The normalized spacial score (nSPS) is 38.4. The van der Waals surface area contributed by atoms with Crippen molar-refractivity contribution in [3.63, 3.8) is 0 Å². The summed E-state index contributed by atoms with van der Waals surface area (Å²) in [6, 6.07) is 7.85. The number of fused-ring (bicyclic) bond motifs is 5.